The Bertz CT molecular complexity index is 938. The van der Waals surface area contributed by atoms with Crippen LogP contribution in [0.3, 0.4) is 0 Å². The minimum Gasteiger partial charge on any atom is -0.374 e. The van der Waals surface area contributed by atoms with Crippen LogP contribution < -0.4 is 10.2 Å². The SMILES string of the molecule is CN1CCCc2cc(CNC(=O)c3cnc(-c4ccccc4)nc3)ccc21. The van der Waals surface area contributed by atoms with Gasteiger partial charge in [-0.15, -0.1) is 0 Å². The molecule has 0 fully saturated rings. The van der Waals surface area contributed by atoms with Crippen LogP contribution in [0.2, 0.25) is 0 Å². The van der Waals surface area contributed by atoms with Gasteiger partial charge in [-0.25, -0.2) is 9.97 Å². The van der Waals surface area contributed by atoms with Gasteiger partial charge in [0.2, 0.25) is 0 Å². The second-order valence-electron chi connectivity index (χ2n) is 6.83. The number of carbonyl (C=O) groups is 1. The maximum Gasteiger partial charge on any atom is 0.254 e. The molecular weight excluding hydrogens is 336 g/mol. The third kappa shape index (κ3) is 3.82. The van der Waals surface area contributed by atoms with E-state index in [-0.39, 0.29) is 5.91 Å². The number of amides is 1. The zero-order valence-corrected chi connectivity index (χ0v) is 15.4. The van der Waals surface area contributed by atoms with E-state index in [1.807, 2.05) is 30.3 Å². The number of nitrogens with one attached hydrogen (secondary N) is 1. The molecule has 0 saturated carbocycles. The highest BCUT2D eigenvalue weighted by Crippen LogP contribution is 2.26. The van der Waals surface area contributed by atoms with E-state index in [4.69, 9.17) is 0 Å². The van der Waals surface area contributed by atoms with E-state index < -0.39 is 0 Å². The van der Waals surface area contributed by atoms with E-state index in [0.29, 0.717) is 17.9 Å². The van der Waals surface area contributed by atoms with E-state index in [1.165, 1.54) is 17.7 Å². The molecule has 1 N–H and O–H groups in total. The maximum absolute atomic E-state index is 12.4. The first kappa shape index (κ1) is 17.2. The predicted octanol–water partition coefficient (Wildman–Crippen LogP) is 3.46. The largest absolute Gasteiger partial charge is 0.374 e. The highest BCUT2D eigenvalue weighted by Gasteiger charge is 2.14. The topological polar surface area (TPSA) is 58.1 Å². The minimum absolute atomic E-state index is 0.163. The van der Waals surface area contributed by atoms with E-state index >= 15 is 0 Å². The van der Waals surface area contributed by atoms with Crippen molar-refractivity contribution in [1.29, 1.82) is 0 Å². The molecule has 0 unspecified atom stereocenters. The van der Waals surface area contributed by atoms with Crippen molar-refractivity contribution < 1.29 is 4.79 Å². The number of nitrogens with zero attached hydrogens (tertiary/aromatic N) is 3. The van der Waals surface area contributed by atoms with Crippen molar-refractivity contribution in [3.8, 4) is 11.4 Å². The second-order valence-corrected chi connectivity index (χ2v) is 6.83. The zero-order chi connectivity index (χ0) is 18.6. The van der Waals surface area contributed by atoms with Crippen molar-refractivity contribution in [2.75, 3.05) is 18.5 Å². The molecule has 0 aliphatic carbocycles. The summed E-state index contributed by atoms with van der Waals surface area (Å²) in [5.74, 6) is 0.454. The van der Waals surface area contributed by atoms with Crippen LogP contribution in [0.25, 0.3) is 11.4 Å². The van der Waals surface area contributed by atoms with Crippen LogP contribution in [0.5, 0.6) is 0 Å². The van der Waals surface area contributed by atoms with Crippen LogP contribution in [0.1, 0.15) is 27.9 Å². The van der Waals surface area contributed by atoms with Gasteiger partial charge in [-0.3, -0.25) is 4.79 Å². The van der Waals surface area contributed by atoms with Crippen LogP contribution in [0, 0.1) is 0 Å². The van der Waals surface area contributed by atoms with Gasteiger partial charge in [0.15, 0.2) is 5.82 Å². The smallest absolute Gasteiger partial charge is 0.254 e. The summed E-state index contributed by atoms with van der Waals surface area (Å²) in [5, 5.41) is 2.96. The number of carbonyl (C=O) groups excluding carboxylic acids is 1. The van der Waals surface area contributed by atoms with Crippen LogP contribution >= 0.6 is 0 Å². The molecule has 0 atom stereocenters. The van der Waals surface area contributed by atoms with Crippen LogP contribution in [-0.4, -0.2) is 29.5 Å². The predicted molar refractivity (Wildman–Crippen MR) is 107 cm³/mol. The first-order chi connectivity index (χ1) is 13.2. The summed E-state index contributed by atoms with van der Waals surface area (Å²) in [6.45, 7) is 1.60. The van der Waals surface area contributed by atoms with E-state index in [2.05, 4.69) is 45.4 Å². The lowest BCUT2D eigenvalue weighted by molar-refractivity contribution is 0.0950. The molecule has 0 spiro atoms. The second kappa shape index (κ2) is 7.58. The van der Waals surface area contributed by atoms with Gasteiger partial charge in [-0.2, -0.15) is 0 Å². The standard InChI is InChI=1S/C22H22N4O/c1-26-11-5-8-18-12-16(9-10-20(18)26)13-25-22(27)19-14-23-21(24-15-19)17-6-3-2-4-7-17/h2-4,6-7,9-10,12,14-15H,5,8,11,13H2,1H3,(H,25,27). The van der Waals surface area contributed by atoms with Crippen molar-refractivity contribution in [3.05, 3.63) is 77.6 Å². The molecular formula is C22H22N4O. The lowest BCUT2D eigenvalue weighted by atomic mass is 9.99. The van der Waals surface area contributed by atoms with Gasteiger partial charge in [-0.1, -0.05) is 42.5 Å². The molecule has 27 heavy (non-hydrogen) atoms. The minimum atomic E-state index is -0.163. The fourth-order valence-corrected chi connectivity index (χ4v) is 3.41. The fourth-order valence-electron chi connectivity index (χ4n) is 3.41. The highest BCUT2D eigenvalue weighted by atomic mass is 16.1. The number of benzene rings is 2. The molecule has 2 aromatic carbocycles. The third-order valence-corrected chi connectivity index (χ3v) is 4.89. The Morgan fingerprint density at radius 2 is 1.89 bits per heavy atom. The molecule has 1 aliphatic heterocycles. The van der Waals surface area contributed by atoms with Crippen molar-refractivity contribution in [3.63, 3.8) is 0 Å². The van der Waals surface area contributed by atoms with Crippen LogP contribution in [-0.2, 0) is 13.0 Å². The van der Waals surface area contributed by atoms with Crippen LogP contribution in [0.4, 0.5) is 5.69 Å². The van der Waals surface area contributed by atoms with Crippen molar-refractivity contribution in [2.45, 2.75) is 19.4 Å². The first-order valence-corrected chi connectivity index (χ1v) is 9.19. The number of fused-ring (bicyclic) bond motifs is 1. The summed E-state index contributed by atoms with van der Waals surface area (Å²) in [4.78, 5) is 23.3. The number of aryl methyl sites for hydroxylation is 1. The molecule has 1 aliphatic rings. The summed E-state index contributed by atoms with van der Waals surface area (Å²) in [5.41, 5.74) is 5.15. The number of hydrogen-bond acceptors (Lipinski definition) is 4. The summed E-state index contributed by atoms with van der Waals surface area (Å²) in [6.07, 6.45) is 5.42. The molecule has 0 bridgehead atoms. The Morgan fingerprint density at radius 1 is 1.11 bits per heavy atom. The number of rotatable bonds is 4. The molecule has 1 amide bonds. The van der Waals surface area contributed by atoms with E-state index in [9.17, 15) is 4.79 Å². The van der Waals surface area contributed by atoms with Gasteiger partial charge in [0.25, 0.3) is 5.91 Å². The van der Waals surface area contributed by atoms with Gasteiger partial charge in [0.05, 0.1) is 5.56 Å². The molecule has 136 valence electrons. The summed E-state index contributed by atoms with van der Waals surface area (Å²) >= 11 is 0. The average molecular weight is 358 g/mol. The van der Waals surface area contributed by atoms with Crippen molar-refractivity contribution >= 4 is 11.6 Å². The van der Waals surface area contributed by atoms with Gasteiger partial charge >= 0.3 is 0 Å². The lowest BCUT2D eigenvalue weighted by Crippen LogP contribution is -2.26. The van der Waals surface area contributed by atoms with Gasteiger partial charge in [-0.05, 0) is 30.0 Å². The lowest BCUT2D eigenvalue weighted by Gasteiger charge is -2.27. The van der Waals surface area contributed by atoms with Crippen molar-refractivity contribution in [1.82, 2.24) is 15.3 Å². The molecule has 2 heterocycles. The van der Waals surface area contributed by atoms with Gasteiger partial charge in [0, 0.05) is 43.8 Å². The van der Waals surface area contributed by atoms with Gasteiger partial charge in [0.1, 0.15) is 0 Å². The number of anilines is 1. The van der Waals surface area contributed by atoms with Gasteiger partial charge < -0.3 is 10.2 Å². The Labute approximate surface area is 159 Å². The highest BCUT2D eigenvalue weighted by molar-refractivity contribution is 5.93. The number of aromatic nitrogens is 2. The Kier molecular flexibility index (Phi) is 4.83. The molecule has 5 heteroatoms. The monoisotopic (exact) mass is 358 g/mol. The Balaban J connectivity index is 1.41. The molecule has 1 aromatic heterocycles. The molecule has 5 nitrogen and oxygen atoms in total. The maximum atomic E-state index is 12.4. The zero-order valence-electron chi connectivity index (χ0n) is 15.4. The Hall–Kier alpha value is -3.21. The quantitative estimate of drug-likeness (QED) is 0.776. The first-order valence-electron chi connectivity index (χ1n) is 9.19. The molecule has 4 rings (SSSR count). The molecule has 0 radical (unpaired) electrons. The summed E-state index contributed by atoms with van der Waals surface area (Å²) < 4.78 is 0. The van der Waals surface area contributed by atoms with Crippen LogP contribution in [0.15, 0.2) is 60.9 Å². The van der Waals surface area contributed by atoms with E-state index in [0.717, 1.165) is 24.1 Å². The number of hydrogen-bond donors (Lipinski definition) is 1. The Morgan fingerprint density at radius 3 is 2.67 bits per heavy atom. The fraction of sp³-hybridized carbons (Fsp3) is 0.227. The van der Waals surface area contributed by atoms with Crippen molar-refractivity contribution in [2.24, 2.45) is 0 Å². The average Bonchev–Trinajstić information content (AvgIpc) is 2.73. The molecule has 0 saturated heterocycles. The normalized spacial score (nSPS) is 13.1. The summed E-state index contributed by atoms with van der Waals surface area (Å²) in [6, 6.07) is 16.1. The summed E-state index contributed by atoms with van der Waals surface area (Å²) in [7, 11) is 2.12. The molecule has 3 aromatic rings. The third-order valence-electron chi connectivity index (χ3n) is 4.89. The van der Waals surface area contributed by atoms with E-state index in [1.54, 1.807) is 12.4 Å².